The third-order valence-electron chi connectivity index (χ3n) is 3.26. The van der Waals surface area contributed by atoms with Crippen molar-refractivity contribution >= 4 is 5.69 Å². The summed E-state index contributed by atoms with van der Waals surface area (Å²) >= 11 is 0. The fourth-order valence-electron chi connectivity index (χ4n) is 2.14. The Morgan fingerprint density at radius 3 is 2.61 bits per heavy atom. The number of nitrogens with zero attached hydrogens (tertiary/aromatic N) is 4. The summed E-state index contributed by atoms with van der Waals surface area (Å²) in [6.07, 6.45) is 3.79. The van der Waals surface area contributed by atoms with Gasteiger partial charge in [-0.25, -0.2) is 4.98 Å². The Morgan fingerprint density at radius 1 is 1.33 bits per heavy atom. The lowest BCUT2D eigenvalue weighted by atomic mass is 10.3. The first kappa shape index (κ1) is 12.7. The van der Waals surface area contributed by atoms with Gasteiger partial charge in [0.1, 0.15) is 0 Å². The maximum atomic E-state index is 4.40. The molecule has 0 saturated heterocycles. The van der Waals surface area contributed by atoms with Gasteiger partial charge in [0.2, 0.25) is 0 Å². The van der Waals surface area contributed by atoms with E-state index < -0.39 is 0 Å². The van der Waals surface area contributed by atoms with Crippen LogP contribution in [0.5, 0.6) is 0 Å². The van der Waals surface area contributed by atoms with E-state index in [2.05, 4.69) is 40.7 Å². The van der Waals surface area contributed by atoms with Crippen LogP contribution in [0.4, 0.5) is 5.69 Å². The Balaban J connectivity index is 2.14. The summed E-state index contributed by atoms with van der Waals surface area (Å²) < 4.78 is 4.07. The number of aryl methyl sites for hydroxylation is 2. The minimum atomic E-state index is 0.431. The minimum Gasteiger partial charge on any atom is -0.376 e. The van der Waals surface area contributed by atoms with Crippen LogP contribution < -0.4 is 5.32 Å². The summed E-state index contributed by atoms with van der Waals surface area (Å²) in [5.74, 6) is 0. The van der Waals surface area contributed by atoms with Gasteiger partial charge in [-0.2, -0.15) is 5.10 Å². The summed E-state index contributed by atoms with van der Waals surface area (Å²) in [6, 6.07) is 0.431. The van der Waals surface area contributed by atoms with Crippen LogP contribution in [-0.2, 0) is 13.6 Å². The smallest absolute Gasteiger partial charge is 0.0951 e. The third-order valence-corrected chi connectivity index (χ3v) is 3.26. The molecule has 5 heteroatoms. The van der Waals surface area contributed by atoms with Crippen LogP contribution in [0.15, 0.2) is 12.5 Å². The molecule has 0 aromatic carbocycles. The number of imidazole rings is 1. The van der Waals surface area contributed by atoms with Crippen molar-refractivity contribution in [3.63, 3.8) is 0 Å². The van der Waals surface area contributed by atoms with E-state index in [4.69, 9.17) is 0 Å². The SMILES string of the molecule is Cc1nn(C)c(C)c1NCc1cncn1C(C)C. The molecule has 0 atom stereocenters. The van der Waals surface area contributed by atoms with Crippen LogP contribution in [0, 0.1) is 13.8 Å². The van der Waals surface area contributed by atoms with Crippen molar-refractivity contribution < 1.29 is 0 Å². The first-order valence-corrected chi connectivity index (χ1v) is 6.25. The lowest BCUT2D eigenvalue weighted by molar-refractivity contribution is 0.577. The molecule has 2 rings (SSSR count). The number of anilines is 1. The quantitative estimate of drug-likeness (QED) is 0.902. The van der Waals surface area contributed by atoms with Crippen LogP contribution in [0.2, 0.25) is 0 Å². The van der Waals surface area contributed by atoms with Crippen LogP contribution in [-0.4, -0.2) is 19.3 Å². The van der Waals surface area contributed by atoms with E-state index in [1.165, 1.54) is 5.69 Å². The molecule has 98 valence electrons. The molecule has 0 aliphatic rings. The lowest BCUT2D eigenvalue weighted by Gasteiger charge is -2.13. The van der Waals surface area contributed by atoms with Gasteiger partial charge in [-0.1, -0.05) is 0 Å². The molecule has 5 nitrogen and oxygen atoms in total. The Kier molecular flexibility index (Phi) is 3.41. The van der Waals surface area contributed by atoms with Gasteiger partial charge < -0.3 is 9.88 Å². The summed E-state index contributed by atoms with van der Waals surface area (Å²) in [5, 5.41) is 7.86. The van der Waals surface area contributed by atoms with E-state index in [-0.39, 0.29) is 0 Å². The average Bonchev–Trinajstić information content (AvgIpc) is 2.84. The Morgan fingerprint density at radius 2 is 2.06 bits per heavy atom. The van der Waals surface area contributed by atoms with Crippen molar-refractivity contribution in [2.24, 2.45) is 7.05 Å². The lowest BCUT2D eigenvalue weighted by Crippen LogP contribution is -2.09. The average molecular weight is 247 g/mol. The minimum absolute atomic E-state index is 0.431. The van der Waals surface area contributed by atoms with Gasteiger partial charge >= 0.3 is 0 Å². The number of hydrogen-bond acceptors (Lipinski definition) is 3. The van der Waals surface area contributed by atoms with Crippen molar-refractivity contribution in [1.82, 2.24) is 19.3 Å². The largest absolute Gasteiger partial charge is 0.376 e. The van der Waals surface area contributed by atoms with Crippen molar-refractivity contribution in [1.29, 1.82) is 0 Å². The first-order valence-electron chi connectivity index (χ1n) is 6.25. The number of aromatic nitrogens is 4. The van der Waals surface area contributed by atoms with Gasteiger partial charge in [-0.05, 0) is 27.7 Å². The van der Waals surface area contributed by atoms with Crippen LogP contribution in [0.3, 0.4) is 0 Å². The zero-order chi connectivity index (χ0) is 13.3. The second-order valence-corrected chi connectivity index (χ2v) is 4.91. The van der Waals surface area contributed by atoms with Crippen LogP contribution in [0.25, 0.3) is 0 Å². The molecule has 2 aromatic rings. The molecule has 0 aliphatic carbocycles. The van der Waals surface area contributed by atoms with E-state index in [1.54, 1.807) is 0 Å². The highest BCUT2D eigenvalue weighted by Crippen LogP contribution is 2.19. The van der Waals surface area contributed by atoms with Gasteiger partial charge in [-0.15, -0.1) is 0 Å². The molecule has 18 heavy (non-hydrogen) atoms. The molecule has 2 heterocycles. The molecule has 2 aromatic heterocycles. The zero-order valence-electron chi connectivity index (χ0n) is 11.7. The normalized spacial score (nSPS) is 11.2. The molecule has 0 fully saturated rings. The monoisotopic (exact) mass is 247 g/mol. The first-order chi connectivity index (χ1) is 8.50. The van der Waals surface area contributed by atoms with E-state index in [0.29, 0.717) is 6.04 Å². The molecule has 0 aliphatic heterocycles. The van der Waals surface area contributed by atoms with Crippen molar-refractivity contribution in [2.75, 3.05) is 5.32 Å². The van der Waals surface area contributed by atoms with Gasteiger partial charge in [0.15, 0.2) is 0 Å². The summed E-state index contributed by atoms with van der Waals surface area (Å²) in [4.78, 5) is 4.21. The third kappa shape index (κ3) is 2.25. The Bertz CT molecular complexity index is 536. The molecular weight excluding hydrogens is 226 g/mol. The Labute approximate surface area is 108 Å². The summed E-state index contributed by atoms with van der Waals surface area (Å²) in [6.45, 7) is 9.18. The molecular formula is C13H21N5. The topological polar surface area (TPSA) is 47.7 Å². The predicted molar refractivity (Wildman–Crippen MR) is 72.6 cm³/mol. The van der Waals surface area contributed by atoms with Gasteiger partial charge in [-0.3, -0.25) is 4.68 Å². The Hall–Kier alpha value is -1.78. The highest BCUT2D eigenvalue weighted by atomic mass is 15.3. The van der Waals surface area contributed by atoms with E-state index >= 15 is 0 Å². The van der Waals surface area contributed by atoms with Crippen molar-refractivity contribution in [3.05, 3.63) is 29.6 Å². The molecule has 0 unspecified atom stereocenters. The second-order valence-electron chi connectivity index (χ2n) is 4.91. The van der Waals surface area contributed by atoms with E-state index in [1.807, 2.05) is 31.2 Å². The molecule has 0 spiro atoms. The molecule has 0 amide bonds. The zero-order valence-corrected chi connectivity index (χ0v) is 11.7. The maximum absolute atomic E-state index is 4.40. The second kappa shape index (κ2) is 4.84. The molecule has 1 N–H and O–H groups in total. The van der Waals surface area contributed by atoms with E-state index in [0.717, 1.165) is 23.6 Å². The van der Waals surface area contributed by atoms with Gasteiger partial charge in [0, 0.05) is 19.3 Å². The molecule has 0 bridgehead atoms. The highest BCUT2D eigenvalue weighted by Gasteiger charge is 2.10. The van der Waals surface area contributed by atoms with Crippen molar-refractivity contribution in [3.8, 4) is 0 Å². The van der Waals surface area contributed by atoms with Crippen LogP contribution in [0.1, 0.15) is 37.0 Å². The number of nitrogens with one attached hydrogen (secondary N) is 1. The van der Waals surface area contributed by atoms with E-state index in [9.17, 15) is 0 Å². The summed E-state index contributed by atoms with van der Waals surface area (Å²) in [5.41, 5.74) is 4.50. The summed E-state index contributed by atoms with van der Waals surface area (Å²) in [7, 11) is 1.96. The molecule has 0 radical (unpaired) electrons. The standard InChI is InChI=1S/C13H21N5/c1-9(2)18-8-14-6-12(18)7-15-13-10(3)16-17(5)11(13)4/h6,8-9,15H,7H2,1-5H3. The van der Waals surface area contributed by atoms with Crippen LogP contribution >= 0.6 is 0 Å². The van der Waals surface area contributed by atoms with Crippen molar-refractivity contribution in [2.45, 2.75) is 40.3 Å². The highest BCUT2D eigenvalue weighted by molar-refractivity contribution is 5.52. The van der Waals surface area contributed by atoms with Gasteiger partial charge in [0.05, 0.1) is 35.6 Å². The maximum Gasteiger partial charge on any atom is 0.0951 e. The fourth-order valence-corrected chi connectivity index (χ4v) is 2.14. The number of hydrogen-bond donors (Lipinski definition) is 1. The predicted octanol–water partition coefficient (Wildman–Crippen LogP) is 2.43. The molecule has 0 saturated carbocycles. The number of rotatable bonds is 4. The van der Waals surface area contributed by atoms with Gasteiger partial charge in [0.25, 0.3) is 0 Å². The fraction of sp³-hybridized carbons (Fsp3) is 0.538.